The summed E-state index contributed by atoms with van der Waals surface area (Å²) in [7, 11) is 1.82. The molecule has 5 N–H and O–H groups in total. The maximum Gasteiger partial charge on any atom is 0.320 e. The number of fused-ring (bicyclic) bond motifs is 1. The largest absolute Gasteiger partial charge is 0.369 e. The highest BCUT2D eigenvalue weighted by Gasteiger charge is 2.44. The van der Waals surface area contributed by atoms with Crippen molar-refractivity contribution in [2.45, 2.75) is 69.3 Å². The van der Waals surface area contributed by atoms with Crippen molar-refractivity contribution in [1.82, 2.24) is 34.9 Å². The van der Waals surface area contributed by atoms with Crippen molar-refractivity contribution in [1.29, 1.82) is 0 Å². The minimum absolute atomic E-state index is 0.0531. The van der Waals surface area contributed by atoms with Crippen LogP contribution in [-0.2, 0) is 16.1 Å². The summed E-state index contributed by atoms with van der Waals surface area (Å²) in [5, 5.41) is 16.6. The number of amides is 6. The molecule has 16 heteroatoms. The lowest BCUT2D eigenvalue weighted by Crippen LogP contribution is -2.53. The summed E-state index contributed by atoms with van der Waals surface area (Å²) in [6.45, 7) is 5.25. The van der Waals surface area contributed by atoms with Crippen LogP contribution in [-0.4, -0.2) is 123 Å². The molecule has 55 heavy (non-hydrogen) atoms. The molecule has 5 aliphatic heterocycles. The quantitative estimate of drug-likeness (QED) is 0.234. The minimum atomic E-state index is -1.24. The van der Waals surface area contributed by atoms with Crippen LogP contribution in [0.1, 0.15) is 88.2 Å². The number of carbonyl (C=O) groups is 5. The van der Waals surface area contributed by atoms with Crippen molar-refractivity contribution in [2.75, 3.05) is 56.5 Å². The molecule has 5 aliphatic rings. The first-order valence-electron chi connectivity index (χ1n) is 19.0. The first-order valence-corrected chi connectivity index (χ1v) is 19.0. The molecule has 8 rings (SSSR count). The van der Waals surface area contributed by atoms with Crippen molar-refractivity contribution in [2.24, 2.45) is 5.73 Å². The van der Waals surface area contributed by atoms with E-state index in [1.54, 1.807) is 17.2 Å². The maximum absolute atomic E-state index is 13.1. The summed E-state index contributed by atoms with van der Waals surface area (Å²) in [4.78, 5) is 80.7. The standard InChI is InChI=1S/C39H46N10O6/c1-45-17-18-48(39(45)55)27-3-2-14-47(22-27)31-20-41-33(34(40)51)35(43-31)42-26-7-5-24(6-8-26)25-12-15-46(16-13-25)21-23-4-9-28-29(19-23)38(54)49(37(28)53)30-10-11-32(50)44-36(30)52/h4-9,19-20,25,27,30,38,54H,2-3,10-18,21-22H2,1H3,(H2,40,51)(H,42,43)(H,44,50,52)/t27-,30?,38?/m1/s1. The summed E-state index contributed by atoms with van der Waals surface area (Å²) in [6, 6.07) is 12.9. The van der Waals surface area contributed by atoms with Crippen LogP contribution in [0.3, 0.4) is 0 Å². The highest BCUT2D eigenvalue weighted by Crippen LogP contribution is 2.37. The molecular formula is C39H46N10O6. The van der Waals surface area contributed by atoms with Gasteiger partial charge in [0.05, 0.1) is 12.2 Å². The molecule has 4 saturated heterocycles. The number of benzene rings is 2. The van der Waals surface area contributed by atoms with Crippen LogP contribution in [0, 0.1) is 0 Å². The third kappa shape index (κ3) is 7.18. The molecule has 6 heterocycles. The first kappa shape index (κ1) is 36.4. The molecule has 1 aromatic heterocycles. The molecule has 0 radical (unpaired) electrons. The SMILES string of the molecule is CN1CCN([C@@H]2CCCN(c3cnc(C(N)=O)c(Nc4ccc(C5CCN(Cc6ccc7c(c6)C(O)N(C6CCC(=O)NC6=O)C7=O)CC5)cc4)n3)C2)C1=O. The van der Waals surface area contributed by atoms with E-state index in [0.29, 0.717) is 42.5 Å². The molecule has 6 amide bonds. The summed E-state index contributed by atoms with van der Waals surface area (Å²) >= 11 is 0. The zero-order valence-electron chi connectivity index (χ0n) is 30.8. The number of nitrogens with zero attached hydrogens (tertiary/aromatic N) is 7. The minimum Gasteiger partial charge on any atom is -0.369 e. The Kier molecular flexibility index (Phi) is 9.86. The van der Waals surface area contributed by atoms with Crippen molar-refractivity contribution >= 4 is 47.0 Å². The molecule has 2 unspecified atom stereocenters. The highest BCUT2D eigenvalue weighted by atomic mass is 16.3. The van der Waals surface area contributed by atoms with E-state index >= 15 is 0 Å². The molecule has 3 atom stereocenters. The number of hydrogen-bond donors (Lipinski definition) is 4. The van der Waals surface area contributed by atoms with Gasteiger partial charge in [-0.15, -0.1) is 0 Å². The molecule has 288 valence electrons. The summed E-state index contributed by atoms with van der Waals surface area (Å²) in [5.41, 5.74) is 9.56. The lowest BCUT2D eigenvalue weighted by Gasteiger charge is -2.37. The van der Waals surface area contributed by atoms with Crippen molar-refractivity contribution < 1.29 is 29.1 Å². The van der Waals surface area contributed by atoms with Gasteiger partial charge in [-0.1, -0.05) is 18.2 Å². The molecule has 2 aromatic carbocycles. The van der Waals surface area contributed by atoms with Gasteiger partial charge in [0.1, 0.15) is 11.9 Å². The van der Waals surface area contributed by atoms with Gasteiger partial charge in [0.2, 0.25) is 11.8 Å². The van der Waals surface area contributed by atoms with Gasteiger partial charge in [-0.2, -0.15) is 0 Å². The third-order valence-electron chi connectivity index (χ3n) is 11.7. The number of imide groups is 1. The fraction of sp³-hybridized carbons (Fsp3) is 0.462. The summed E-state index contributed by atoms with van der Waals surface area (Å²) in [6.07, 6.45) is 4.39. The van der Waals surface area contributed by atoms with E-state index in [9.17, 15) is 29.1 Å². The van der Waals surface area contributed by atoms with Crippen molar-refractivity contribution in [3.05, 3.63) is 76.6 Å². The molecule has 0 aliphatic carbocycles. The number of likely N-dealkylation sites (N-methyl/N-ethyl adjacent to an activating group) is 1. The van der Waals surface area contributed by atoms with Crippen LogP contribution in [0.2, 0.25) is 0 Å². The van der Waals surface area contributed by atoms with E-state index in [4.69, 9.17) is 10.7 Å². The number of likely N-dealkylation sites (tertiary alicyclic amines) is 1. The number of urea groups is 1. The Hall–Kier alpha value is -5.61. The zero-order chi connectivity index (χ0) is 38.4. The Balaban J connectivity index is 0.873. The Morgan fingerprint density at radius 2 is 1.76 bits per heavy atom. The number of aliphatic hydroxyl groups excluding tert-OH is 1. The van der Waals surface area contributed by atoms with Gasteiger partial charge in [-0.3, -0.25) is 34.3 Å². The number of nitrogens with two attached hydrogens (primary N) is 1. The monoisotopic (exact) mass is 750 g/mol. The predicted molar refractivity (Wildman–Crippen MR) is 201 cm³/mol. The molecule has 0 bridgehead atoms. The molecule has 0 spiro atoms. The van der Waals surface area contributed by atoms with Gasteiger partial charge < -0.3 is 30.9 Å². The number of aromatic nitrogens is 2. The van der Waals surface area contributed by atoms with Crippen LogP contribution in [0.4, 0.5) is 22.1 Å². The number of aliphatic hydroxyl groups is 1. The number of rotatable bonds is 9. The second-order valence-corrected chi connectivity index (χ2v) is 15.2. The Morgan fingerprint density at radius 3 is 2.47 bits per heavy atom. The fourth-order valence-corrected chi connectivity index (χ4v) is 8.66. The Bertz CT molecular complexity index is 2020. The lowest BCUT2D eigenvalue weighted by atomic mass is 9.89. The topological polar surface area (TPSA) is 198 Å². The van der Waals surface area contributed by atoms with E-state index in [1.165, 1.54) is 10.5 Å². The number of nitrogens with one attached hydrogen (secondary N) is 2. The Morgan fingerprint density at radius 1 is 0.982 bits per heavy atom. The van der Waals surface area contributed by atoms with Crippen LogP contribution in [0.5, 0.6) is 0 Å². The second kappa shape index (κ2) is 14.9. The van der Waals surface area contributed by atoms with E-state index in [1.807, 2.05) is 36.2 Å². The average Bonchev–Trinajstić information content (AvgIpc) is 3.65. The maximum atomic E-state index is 13.1. The van der Waals surface area contributed by atoms with Crippen LogP contribution in [0.25, 0.3) is 0 Å². The van der Waals surface area contributed by atoms with Gasteiger partial charge in [-0.05, 0) is 86.5 Å². The smallest absolute Gasteiger partial charge is 0.320 e. The van der Waals surface area contributed by atoms with Crippen molar-refractivity contribution in [3.8, 4) is 0 Å². The Labute approximate surface area is 318 Å². The fourth-order valence-electron chi connectivity index (χ4n) is 8.66. The lowest BCUT2D eigenvalue weighted by molar-refractivity contribution is -0.139. The van der Waals surface area contributed by atoms with Gasteiger partial charge in [0.15, 0.2) is 17.7 Å². The third-order valence-corrected chi connectivity index (χ3v) is 11.7. The normalized spacial score (nSPS) is 23.7. The number of hydrogen-bond acceptors (Lipinski definition) is 11. The number of primary amides is 1. The molecule has 4 fully saturated rings. The zero-order valence-corrected chi connectivity index (χ0v) is 30.8. The predicted octanol–water partition coefficient (Wildman–Crippen LogP) is 2.29. The van der Waals surface area contributed by atoms with Gasteiger partial charge in [0, 0.05) is 63.0 Å². The molecule has 0 saturated carbocycles. The number of anilines is 3. The van der Waals surface area contributed by atoms with Crippen LogP contribution in [0.15, 0.2) is 48.7 Å². The molecular weight excluding hydrogens is 704 g/mol. The summed E-state index contributed by atoms with van der Waals surface area (Å²) < 4.78 is 0. The van der Waals surface area contributed by atoms with Gasteiger partial charge >= 0.3 is 6.03 Å². The first-order chi connectivity index (χ1) is 26.5. The second-order valence-electron chi connectivity index (χ2n) is 15.2. The van der Waals surface area contributed by atoms with E-state index in [0.717, 1.165) is 63.1 Å². The van der Waals surface area contributed by atoms with Crippen LogP contribution >= 0.6 is 0 Å². The van der Waals surface area contributed by atoms with Crippen molar-refractivity contribution in [3.63, 3.8) is 0 Å². The van der Waals surface area contributed by atoms with E-state index in [-0.39, 0.29) is 42.3 Å². The molecule has 16 nitrogen and oxygen atoms in total. The van der Waals surface area contributed by atoms with E-state index in [2.05, 4.69) is 37.6 Å². The highest BCUT2D eigenvalue weighted by molar-refractivity contribution is 6.05. The summed E-state index contributed by atoms with van der Waals surface area (Å²) in [5.74, 6) is -0.734. The van der Waals surface area contributed by atoms with E-state index < -0.39 is 30.0 Å². The van der Waals surface area contributed by atoms with Gasteiger partial charge in [0.25, 0.3) is 11.8 Å². The molecule has 3 aromatic rings. The number of carbonyl (C=O) groups excluding carboxylic acids is 5. The van der Waals surface area contributed by atoms with Crippen LogP contribution < -0.4 is 21.3 Å². The number of piperidine rings is 3. The average molecular weight is 751 g/mol. The van der Waals surface area contributed by atoms with Gasteiger partial charge in [-0.25, -0.2) is 14.8 Å².